The summed E-state index contributed by atoms with van der Waals surface area (Å²) < 4.78 is 0. The van der Waals surface area contributed by atoms with Crippen LogP contribution in [0.1, 0.15) is 37.8 Å². The second-order valence-corrected chi connectivity index (χ2v) is 6.54. The SMILES string of the molecule is CCCCC1=CC2CN(C(C(=O)O)c3ccccc3)CC2C1=O. The van der Waals surface area contributed by atoms with E-state index in [4.69, 9.17) is 0 Å². The number of carbonyl (C=O) groups excluding carboxylic acids is 1. The van der Waals surface area contributed by atoms with Crippen LogP contribution in [0.5, 0.6) is 0 Å². The maximum atomic E-state index is 12.5. The molecule has 1 aliphatic heterocycles. The standard InChI is InChI=1S/C19H23NO3/c1-2-3-7-14-10-15-11-20(12-16(15)18(14)21)17(19(22)23)13-8-5-4-6-9-13/h4-6,8-10,15-17H,2-3,7,11-12H2,1H3,(H,22,23). The van der Waals surface area contributed by atoms with Gasteiger partial charge in [0.2, 0.25) is 0 Å². The highest BCUT2D eigenvalue weighted by atomic mass is 16.4. The second-order valence-electron chi connectivity index (χ2n) is 6.54. The molecule has 0 radical (unpaired) electrons. The van der Waals surface area contributed by atoms with Gasteiger partial charge in [0, 0.05) is 24.9 Å². The van der Waals surface area contributed by atoms with E-state index in [-0.39, 0.29) is 17.6 Å². The summed E-state index contributed by atoms with van der Waals surface area (Å²) in [7, 11) is 0. The number of rotatable bonds is 6. The fourth-order valence-electron chi connectivity index (χ4n) is 3.81. The van der Waals surface area contributed by atoms with Gasteiger partial charge in [-0.3, -0.25) is 14.5 Å². The first-order valence-electron chi connectivity index (χ1n) is 8.38. The summed E-state index contributed by atoms with van der Waals surface area (Å²) in [5.74, 6) is -0.478. The van der Waals surface area contributed by atoms with Crippen molar-refractivity contribution in [2.45, 2.75) is 32.2 Å². The number of hydrogen-bond acceptors (Lipinski definition) is 3. The van der Waals surface area contributed by atoms with Crippen LogP contribution in [0.2, 0.25) is 0 Å². The molecule has 0 saturated carbocycles. The molecule has 0 spiro atoms. The molecule has 2 aliphatic rings. The van der Waals surface area contributed by atoms with Crippen molar-refractivity contribution in [2.24, 2.45) is 11.8 Å². The predicted octanol–water partition coefficient (Wildman–Crippen LogP) is 3.06. The van der Waals surface area contributed by atoms with Gasteiger partial charge in [0.05, 0.1) is 0 Å². The van der Waals surface area contributed by atoms with Crippen molar-refractivity contribution in [3.63, 3.8) is 0 Å². The molecular formula is C19H23NO3. The Labute approximate surface area is 136 Å². The number of carbonyl (C=O) groups is 2. The number of carboxylic acids is 1. The molecular weight excluding hydrogens is 290 g/mol. The zero-order chi connectivity index (χ0) is 16.4. The largest absolute Gasteiger partial charge is 0.480 e. The van der Waals surface area contributed by atoms with Crippen LogP contribution < -0.4 is 0 Å². The number of carboxylic acid groups (broad SMARTS) is 1. The van der Waals surface area contributed by atoms with Gasteiger partial charge in [0.1, 0.15) is 6.04 Å². The van der Waals surface area contributed by atoms with Gasteiger partial charge >= 0.3 is 5.97 Å². The lowest BCUT2D eigenvalue weighted by atomic mass is 9.97. The number of benzene rings is 1. The molecule has 1 saturated heterocycles. The van der Waals surface area contributed by atoms with E-state index in [0.29, 0.717) is 13.1 Å². The summed E-state index contributed by atoms with van der Waals surface area (Å²) in [5.41, 5.74) is 1.75. The van der Waals surface area contributed by atoms with Crippen molar-refractivity contribution in [3.8, 4) is 0 Å². The highest BCUT2D eigenvalue weighted by Crippen LogP contribution is 2.39. The predicted molar refractivity (Wildman–Crippen MR) is 88.0 cm³/mol. The number of Topliss-reactive ketones (excluding diaryl/α,β-unsaturated/α-hetero) is 1. The molecule has 3 unspecified atom stereocenters. The number of aliphatic carboxylic acids is 1. The number of likely N-dealkylation sites (tertiary alicyclic amines) is 1. The minimum Gasteiger partial charge on any atom is -0.480 e. The first kappa shape index (κ1) is 15.9. The van der Waals surface area contributed by atoms with Crippen molar-refractivity contribution in [1.29, 1.82) is 0 Å². The van der Waals surface area contributed by atoms with Crippen LogP contribution >= 0.6 is 0 Å². The van der Waals surface area contributed by atoms with E-state index in [9.17, 15) is 14.7 Å². The van der Waals surface area contributed by atoms with E-state index in [2.05, 4.69) is 13.0 Å². The Hall–Kier alpha value is -1.94. The molecule has 122 valence electrons. The van der Waals surface area contributed by atoms with E-state index in [1.165, 1.54) is 0 Å². The van der Waals surface area contributed by atoms with Crippen LogP contribution in [0.4, 0.5) is 0 Å². The molecule has 23 heavy (non-hydrogen) atoms. The molecule has 1 aromatic carbocycles. The lowest BCUT2D eigenvalue weighted by molar-refractivity contribution is -0.143. The second kappa shape index (κ2) is 6.67. The van der Waals surface area contributed by atoms with Crippen molar-refractivity contribution >= 4 is 11.8 Å². The van der Waals surface area contributed by atoms with Crippen molar-refractivity contribution in [3.05, 3.63) is 47.5 Å². The summed E-state index contributed by atoms with van der Waals surface area (Å²) in [4.78, 5) is 26.2. The van der Waals surface area contributed by atoms with Gasteiger partial charge in [-0.1, -0.05) is 49.8 Å². The summed E-state index contributed by atoms with van der Waals surface area (Å²) in [6.07, 6.45) is 5.10. The van der Waals surface area contributed by atoms with Crippen molar-refractivity contribution < 1.29 is 14.7 Å². The zero-order valence-electron chi connectivity index (χ0n) is 13.4. The van der Waals surface area contributed by atoms with Gasteiger partial charge in [-0.05, 0) is 24.0 Å². The maximum Gasteiger partial charge on any atom is 0.325 e. The lowest BCUT2D eigenvalue weighted by Crippen LogP contribution is -2.33. The highest BCUT2D eigenvalue weighted by molar-refractivity contribution is 6.00. The molecule has 0 amide bonds. The van der Waals surface area contributed by atoms with Crippen LogP contribution in [-0.4, -0.2) is 34.8 Å². The van der Waals surface area contributed by atoms with E-state index in [1.807, 2.05) is 35.2 Å². The molecule has 3 atom stereocenters. The summed E-state index contributed by atoms with van der Waals surface area (Å²) in [5, 5.41) is 9.64. The molecule has 4 nitrogen and oxygen atoms in total. The average molecular weight is 313 g/mol. The van der Waals surface area contributed by atoms with Gasteiger partial charge in [-0.25, -0.2) is 0 Å². The summed E-state index contributed by atoms with van der Waals surface area (Å²) >= 11 is 0. The van der Waals surface area contributed by atoms with Crippen molar-refractivity contribution in [1.82, 2.24) is 4.90 Å². The maximum absolute atomic E-state index is 12.5. The third-order valence-electron chi connectivity index (χ3n) is 4.98. The fraction of sp³-hybridized carbons (Fsp3) is 0.474. The number of nitrogens with zero attached hydrogens (tertiary/aromatic N) is 1. The Morgan fingerprint density at radius 2 is 2.04 bits per heavy atom. The average Bonchev–Trinajstić information content (AvgIpc) is 3.06. The molecule has 1 fully saturated rings. The van der Waals surface area contributed by atoms with Gasteiger partial charge < -0.3 is 5.11 Å². The van der Waals surface area contributed by atoms with Crippen LogP contribution in [0, 0.1) is 11.8 Å². The quantitative estimate of drug-likeness (QED) is 0.877. The minimum absolute atomic E-state index is 0.0487. The molecule has 1 heterocycles. The van der Waals surface area contributed by atoms with E-state index in [0.717, 1.165) is 30.4 Å². The molecule has 1 N–H and O–H groups in total. The number of hydrogen-bond donors (Lipinski definition) is 1. The molecule has 3 rings (SSSR count). The molecule has 0 bridgehead atoms. The third kappa shape index (κ3) is 3.08. The number of ketones is 1. The number of unbranched alkanes of at least 4 members (excludes halogenated alkanes) is 1. The minimum atomic E-state index is -0.848. The zero-order valence-corrected chi connectivity index (χ0v) is 13.4. The highest BCUT2D eigenvalue weighted by Gasteiger charge is 2.45. The van der Waals surface area contributed by atoms with Crippen LogP contribution in [-0.2, 0) is 9.59 Å². The van der Waals surface area contributed by atoms with Gasteiger partial charge in [-0.15, -0.1) is 0 Å². The third-order valence-corrected chi connectivity index (χ3v) is 4.98. The fourth-order valence-corrected chi connectivity index (χ4v) is 3.81. The first-order chi connectivity index (χ1) is 11.1. The molecule has 1 aromatic rings. The van der Waals surface area contributed by atoms with Crippen LogP contribution in [0.15, 0.2) is 42.0 Å². The number of allylic oxidation sites excluding steroid dienone is 1. The Balaban J connectivity index is 1.76. The lowest BCUT2D eigenvalue weighted by Gasteiger charge is -2.25. The first-order valence-corrected chi connectivity index (χ1v) is 8.38. The molecule has 1 aliphatic carbocycles. The van der Waals surface area contributed by atoms with E-state index >= 15 is 0 Å². The molecule has 0 aromatic heterocycles. The van der Waals surface area contributed by atoms with Gasteiger partial charge in [-0.2, -0.15) is 0 Å². The summed E-state index contributed by atoms with van der Waals surface area (Å²) in [6.45, 7) is 3.32. The monoisotopic (exact) mass is 313 g/mol. The van der Waals surface area contributed by atoms with E-state index < -0.39 is 12.0 Å². The van der Waals surface area contributed by atoms with Crippen LogP contribution in [0.25, 0.3) is 0 Å². The van der Waals surface area contributed by atoms with Gasteiger partial charge in [0.25, 0.3) is 0 Å². The van der Waals surface area contributed by atoms with Gasteiger partial charge in [0.15, 0.2) is 5.78 Å². The topological polar surface area (TPSA) is 57.6 Å². The Morgan fingerprint density at radius 3 is 2.65 bits per heavy atom. The molecule has 4 heteroatoms. The Kier molecular flexibility index (Phi) is 4.62. The smallest absolute Gasteiger partial charge is 0.325 e. The Morgan fingerprint density at radius 1 is 1.30 bits per heavy atom. The van der Waals surface area contributed by atoms with Crippen LogP contribution in [0.3, 0.4) is 0 Å². The normalized spacial score (nSPS) is 25.3. The number of fused-ring (bicyclic) bond motifs is 1. The van der Waals surface area contributed by atoms with Crippen molar-refractivity contribution in [2.75, 3.05) is 13.1 Å². The summed E-state index contributed by atoms with van der Waals surface area (Å²) in [6, 6.07) is 8.62. The Bertz CT molecular complexity index is 623. The van der Waals surface area contributed by atoms with E-state index in [1.54, 1.807) is 0 Å².